The van der Waals surface area contributed by atoms with Crippen LogP contribution >= 0.6 is 0 Å². The number of carbonyl (C=O) groups is 2. The van der Waals surface area contributed by atoms with Crippen LogP contribution in [-0.2, 0) is 23.9 Å². The Kier molecular flexibility index (Phi) is 7.10. The first kappa shape index (κ1) is 23.6. The van der Waals surface area contributed by atoms with E-state index in [1.54, 1.807) is 43.3 Å². The minimum atomic E-state index is -4.63. The number of ether oxygens (including phenoxy) is 1. The standard InChI is InChI=1S/C22H27F3N4O3/c1-27(2)18(30)6-4-5-12-28-13-11-17-19(21(28)31)29(26-20(17)22(23,24)25)14-15-7-9-16(32-3)10-8-15/h7-10H,4-6,11-14H2,1-3H3. The number of hydrogen-bond acceptors (Lipinski definition) is 4. The Morgan fingerprint density at radius 2 is 1.88 bits per heavy atom. The number of fused-ring (bicyclic) bond motifs is 1. The van der Waals surface area contributed by atoms with Gasteiger partial charge in [-0.3, -0.25) is 14.3 Å². The second-order valence-electron chi connectivity index (χ2n) is 7.97. The summed E-state index contributed by atoms with van der Waals surface area (Å²) in [7, 11) is 4.89. The number of carbonyl (C=O) groups excluding carboxylic acids is 2. The molecular formula is C22H27F3N4O3. The summed E-state index contributed by atoms with van der Waals surface area (Å²) in [4.78, 5) is 27.9. The highest BCUT2D eigenvalue weighted by Crippen LogP contribution is 2.35. The second-order valence-corrected chi connectivity index (χ2v) is 7.97. The van der Waals surface area contributed by atoms with E-state index in [-0.39, 0.29) is 36.7 Å². The van der Waals surface area contributed by atoms with Gasteiger partial charge in [-0.1, -0.05) is 12.1 Å². The van der Waals surface area contributed by atoms with Crippen LogP contribution in [0, 0.1) is 0 Å². The van der Waals surface area contributed by atoms with Gasteiger partial charge in [-0.05, 0) is 37.0 Å². The van der Waals surface area contributed by atoms with E-state index in [4.69, 9.17) is 4.74 Å². The Labute approximate surface area is 184 Å². The van der Waals surface area contributed by atoms with Crippen molar-refractivity contribution < 1.29 is 27.5 Å². The maximum absolute atomic E-state index is 13.6. The van der Waals surface area contributed by atoms with Gasteiger partial charge in [0.05, 0.1) is 13.7 Å². The van der Waals surface area contributed by atoms with Crippen LogP contribution in [0.5, 0.6) is 5.75 Å². The molecule has 1 aromatic carbocycles. The number of halogens is 3. The summed E-state index contributed by atoms with van der Waals surface area (Å²) in [5.74, 6) is 0.175. The van der Waals surface area contributed by atoms with Crippen molar-refractivity contribution in [2.45, 2.75) is 38.4 Å². The lowest BCUT2D eigenvalue weighted by atomic mass is 10.0. The van der Waals surface area contributed by atoms with Crippen molar-refractivity contribution in [1.29, 1.82) is 0 Å². The highest BCUT2D eigenvalue weighted by molar-refractivity contribution is 5.95. The number of aromatic nitrogens is 2. The predicted octanol–water partition coefficient (Wildman–Crippen LogP) is 3.22. The summed E-state index contributed by atoms with van der Waals surface area (Å²) in [5, 5.41) is 3.79. The first-order valence-corrected chi connectivity index (χ1v) is 10.4. The topological polar surface area (TPSA) is 67.7 Å². The smallest absolute Gasteiger partial charge is 0.435 e. The molecule has 0 saturated heterocycles. The molecule has 0 unspecified atom stereocenters. The molecule has 0 atom stereocenters. The lowest BCUT2D eigenvalue weighted by molar-refractivity contribution is -0.142. The van der Waals surface area contributed by atoms with E-state index < -0.39 is 17.8 Å². The van der Waals surface area contributed by atoms with Crippen LogP contribution in [0.2, 0.25) is 0 Å². The summed E-state index contributed by atoms with van der Waals surface area (Å²) >= 11 is 0. The summed E-state index contributed by atoms with van der Waals surface area (Å²) in [6.07, 6.45) is -2.97. The molecule has 0 aliphatic carbocycles. The fourth-order valence-electron chi connectivity index (χ4n) is 3.74. The van der Waals surface area contributed by atoms with E-state index in [1.165, 1.54) is 12.0 Å². The molecule has 2 amide bonds. The van der Waals surface area contributed by atoms with E-state index in [0.29, 0.717) is 37.1 Å². The van der Waals surface area contributed by atoms with E-state index in [2.05, 4.69) is 5.10 Å². The molecule has 174 valence electrons. The minimum absolute atomic E-state index is 0.00430. The number of rotatable bonds is 8. The molecule has 3 rings (SSSR count). The molecule has 10 heteroatoms. The van der Waals surface area contributed by atoms with Crippen molar-refractivity contribution >= 4 is 11.8 Å². The Balaban J connectivity index is 1.79. The number of methoxy groups -OCH3 is 1. The SMILES string of the molecule is COc1ccc(Cn2nc(C(F)(F)F)c3c2C(=O)N(CCCCC(=O)N(C)C)CC3)cc1. The Bertz CT molecular complexity index is 968. The third-order valence-corrected chi connectivity index (χ3v) is 5.50. The Hall–Kier alpha value is -3.04. The molecule has 2 heterocycles. The van der Waals surface area contributed by atoms with Gasteiger partial charge < -0.3 is 14.5 Å². The maximum Gasteiger partial charge on any atom is 0.435 e. The molecular weight excluding hydrogens is 425 g/mol. The molecule has 0 bridgehead atoms. The van der Waals surface area contributed by atoms with Crippen molar-refractivity contribution in [3.63, 3.8) is 0 Å². The van der Waals surface area contributed by atoms with Gasteiger partial charge in [0.2, 0.25) is 5.91 Å². The lowest BCUT2D eigenvalue weighted by Gasteiger charge is -2.28. The monoisotopic (exact) mass is 452 g/mol. The van der Waals surface area contributed by atoms with Gasteiger partial charge in [-0.2, -0.15) is 18.3 Å². The molecule has 0 fully saturated rings. The zero-order chi connectivity index (χ0) is 23.5. The normalized spacial score (nSPS) is 13.8. The van der Waals surface area contributed by atoms with E-state index >= 15 is 0 Å². The Morgan fingerprint density at radius 3 is 2.47 bits per heavy atom. The van der Waals surface area contributed by atoms with Gasteiger partial charge in [0, 0.05) is 39.2 Å². The molecule has 0 radical (unpaired) electrons. The summed E-state index contributed by atoms with van der Waals surface area (Å²) in [6.45, 7) is 0.623. The first-order chi connectivity index (χ1) is 15.1. The van der Waals surface area contributed by atoms with Crippen molar-refractivity contribution in [1.82, 2.24) is 19.6 Å². The fraction of sp³-hybridized carbons (Fsp3) is 0.500. The number of amides is 2. The summed E-state index contributed by atoms with van der Waals surface area (Å²) in [6, 6.07) is 6.87. The van der Waals surface area contributed by atoms with Crippen molar-refractivity contribution in [2.24, 2.45) is 0 Å². The van der Waals surface area contributed by atoms with Crippen LogP contribution in [0.1, 0.15) is 46.6 Å². The summed E-state index contributed by atoms with van der Waals surface area (Å²) in [5.41, 5.74) is -0.346. The molecule has 1 aliphatic rings. The van der Waals surface area contributed by atoms with E-state index in [9.17, 15) is 22.8 Å². The van der Waals surface area contributed by atoms with Gasteiger partial charge in [0.25, 0.3) is 5.91 Å². The van der Waals surface area contributed by atoms with Crippen LogP contribution in [0.25, 0.3) is 0 Å². The quantitative estimate of drug-likeness (QED) is 0.577. The highest BCUT2D eigenvalue weighted by atomic mass is 19.4. The van der Waals surface area contributed by atoms with Crippen molar-refractivity contribution in [3.8, 4) is 5.75 Å². The van der Waals surface area contributed by atoms with Crippen LogP contribution in [0.3, 0.4) is 0 Å². The van der Waals surface area contributed by atoms with Gasteiger partial charge in [0.1, 0.15) is 11.4 Å². The molecule has 1 aromatic heterocycles. The molecule has 7 nitrogen and oxygen atoms in total. The molecule has 1 aliphatic heterocycles. The van der Waals surface area contributed by atoms with Crippen molar-refractivity contribution in [2.75, 3.05) is 34.3 Å². The first-order valence-electron chi connectivity index (χ1n) is 10.4. The average molecular weight is 452 g/mol. The average Bonchev–Trinajstić information content (AvgIpc) is 3.12. The lowest BCUT2D eigenvalue weighted by Crippen LogP contribution is -2.39. The van der Waals surface area contributed by atoms with Gasteiger partial charge in [0.15, 0.2) is 5.69 Å². The predicted molar refractivity (Wildman–Crippen MR) is 111 cm³/mol. The minimum Gasteiger partial charge on any atom is -0.497 e. The number of unbranched alkanes of at least 4 members (excludes halogenated alkanes) is 1. The number of benzene rings is 1. The van der Waals surface area contributed by atoms with Crippen LogP contribution < -0.4 is 4.74 Å². The molecule has 2 aromatic rings. The zero-order valence-corrected chi connectivity index (χ0v) is 18.4. The zero-order valence-electron chi connectivity index (χ0n) is 18.4. The molecule has 32 heavy (non-hydrogen) atoms. The molecule has 0 spiro atoms. The van der Waals surface area contributed by atoms with Gasteiger partial charge >= 0.3 is 6.18 Å². The van der Waals surface area contributed by atoms with E-state index in [1.807, 2.05) is 0 Å². The van der Waals surface area contributed by atoms with Gasteiger partial charge in [-0.15, -0.1) is 0 Å². The maximum atomic E-state index is 13.6. The van der Waals surface area contributed by atoms with Gasteiger partial charge in [-0.25, -0.2) is 0 Å². The molecule has 0 N–H and O–H groups in total. The number of hydrogen-bond donors (Lipinski definition) is 0. The third kappa shape index (κ3) is 5.23. The number of nitrogens with zero attached hydrogens (tertiary/aromatic N) is 4. The molecule has 0 saturated carbocycles. The van der Waals surface area contributed by atoms with Crippen LogP contribution in [0.15, 0.2) is 24.3 Å². The second kappa shape index (κ2) is 9.62. The third-order valence-electron chi connectivity index (χ3n) is 5.50. The fourth-order valence-corrected chi connectivity index (χ4v) is 3.74. The van der Waals surface area contributed by atoms with Crippen LogP contribution in [-0.4, -0.2) is 65.7 Å². The van der Waals surface area contributed by atoms with Crippen molar-refractivity contribution in [3.05, 3.63) is 46.8 Å². The highest BCUT2D eigenvalue weighted by Gasteiger charge is 2.42. The Morgan fingerprint density at radius 1 is 1.19 bits per heavy atom. The largest absolute Gasteiger partial charge is 0.497 e. The van der Waals surface area contributed by atoms with E-state index in [0.717, 1.165) is 4.68 Å². The summed E-state index contributed by atoms with van der Waals surface area (Å²) < 4.78 is 47.0. The van der Waals surface area contributed by atoms with Crippen LogP contribution in [0.4, 0.5) is 13.2 Å². The number of alkyl halides is 3.